The van der Waals surface area contributed by atoms with E-state index < -0.39 is 10.0 Å². The van der Waals surface area contributed by atoms with Gasteiger partial charge >= 0.3 is 0 Å². The normalized spacial score (nSPS) is 29.4. The maximum absolute atomic E-state index is 11.3. The predicted molar refractivity (Wildman–Crippen MR) is 54.7 cm³/mol. The summed E-state index contributed by atoms with van der Waals surface area (Å²) in [6.45, 7) is 1.55. The summed E-state index contributed by atoms with van der Waals surface area (Å²) >= 11 is 0. The minimum Gasteiger partial charge on any atom is -0.378 e. The van der Waals surface area contributed by atoms with E-state index in [1.54, 1.807) is 14.2 Å². The van der Waals surface area contributed by atoms with Crippen LogP contribution in [-0.4, -0.2) is 58.4 Å². The average molecular weight is 222 g/mol. The molecule has 0 saturated carbocycles. The van der Waals surface area contributed by atoms with Crippen LogP contribution in [0.5, 0.6) is 0 Å². The van der Waals surface area contributed by atoms with Crippen molar-refractivity contribution >= 4 is 10.0 Å². The third-order valence-corrected chi connectivity index (χ3v) is 4.00. The molecule has 2 unspecified atom stereocenters. The lowest BCUT2D eigenvalue weighted by molar-refractivity contribution is 0.0314. The number of methoxy groups -OCH3 is 1. The van der Waals surface area contributed by atoms with Crippen LogP contribution in [0.4, 0.5) is 0 Å². The number of piperidine rings is 1. The standard InChI is InChI=1S/C8H18N2O3S/c1-10(14(3,11)12)7-4-5-9-6-8(7)13-2/h7-9H,4-6H2,1-3H3. The number of nitrogens with zero attached hydrogens (tertiary/aromatic N) is 1. The van der Waals surface area contributed by atoms with Crippen molar-refractivity contribution in [1.82, 2.24) is 9.62 Å². The summed E-state index contributed by atoms with van der Waals surface area (Å²) in [5.74, 6) is 0. The summed E-state index contributed by atoms with van der Waals surface area (Å²) in [5, 5.41) is 3.18. The molecule has 0 aromatic heterocycles. The van der Waals surface area contributed by atoms with Crippen molar-refractivity contribution in [3.05, 3.63) is 0 Å². The number of likely N-dealkylation sites (N-methyl/N-ethyl adjacent to an activating group) is 1. The van der Waals surface area contributed by atoms with Crippen molar-refractivity contribution in [3.8, 4) is 0 Å². The molecular weight excluding hydrogens is 204 g/mol. The van der Waals surface area contributed by atoms with E-state index in [9.17, 15) is 8.42 Å². The monoisotopic (exact) mass is 222 g/mol. The summed E-state index contributed by atoms with van der Waals surface area (Å²) in [6.07, 6.45) is 1.97. The van der Waals surface area contributed by atoms with E-state index in [4.69, 9.17) is 4.74 Å². The molecule has 0 aliphatic carbocycles. The van der Waals surface area contributed by atoms with E-state index in [0.29, 0.717) is 6.54 Å². The van der Waals surface area contributed by atoms with Gasteiger partial charge in [-0.25, -0.2) is 8.42 Å². The summed E-state index contributed by atoms with van der Waals surface area (Å²) < 4.78 is 29.3. The van der Waals surface area contributed by atoms with Gasteiger partial charge in [0.15, 0.2) is 0 Å². The van der Waals surface area contributed by atoms with Crippen LogP contribution in [0.15, 0.2) is 0 Å². The molecule has 1 rings (SSSR count). The molecule has 6 heteroatoms. The van der Waals surface area contributed by atoms with Crippen LogP contribution in [0, 0.1) is 0 Å². The zero-order chi connectivity index (χ0) is 10.8. The van der Waals surface area contributed by atoms with Crippen molar-refractivity contribution < 1.29 is 13.2 Å². The van der Waals surface area contributed by atoms with Gasteiger partial charge in [0.2, 0.25) is 10.0 Å². The molecule has 0 aromatic carbocycles. The molecule has 0 aromatic rings. The molecule has 84 valence electrons. The number of nitrogens with one attached hydrogen (secondary N) is 1. The second-order valence-corrected chi connectivity index (χ2v) is 5.66. The number of ether oxygens (including phenoxy) is 1. The van der Waals surface area contributed by atoms with E-state index in [2.05, 4.69) is 5.32 Å². The summed E-state index contributed by atoms with van der Waals surface area (Å²) in [4.78, 5) is 0. The first-order valence-electron chi connectivity index (χ1n) is 4.63. The van der Waals surface area contributed by atoms with Gasteiger partial charge in [-0.3, -0.25) is 0 Å². The minimum atomic E-state index is -3.12. The molecular formula is C8H18N2O3S. The Morgan fingerprint density at radius 1 is 1.50 bits per heavy atom. The Morgan fingerprint density at radius 2 is 2.14 bits per heavy atom. The summed E-state index contributed by atoms with van der Waals surface area (Å²) in [7, 11) is 0.100. The topological polar surface area (TPSA) is 58.6 Å². The largest absolute Gasteiger partial charge is 0.378 e. The van der Waals surface area contributed by atoms with Crippen LogP contribution < -0.4 is 5.32 Å². The van der Waals surface area contributed by atoms with E-state index in [-0.39, 0.29) is 12.1 Å². The van der Waals surface area contributed by atoms with Crippen LogP contribution in [0.1, 0.15) is 6.42 Å². The van der Waals surface area contributed by atoms with Gasteiger partial charge in [-0.15, -0.1) is 0 Å². The fourth-order valence-electron chi connectivity index (χ4n) is 1.72. The van der Waals surface area contributed by atoms with Crippen LogP contribution in [0.3, 0.4) is 0 Å². The fraction of sp³-hybridized carbons (Fsp3) is 1.00. The van der Waals surface area contributed by atoms with Crippen molar-refractivity contribution in [1.29, 1.82) is 0 Å². The first-order valence-corrected chi connectivity index (χ1v) is 6.48. The molecule has 1 saturated heterocycles. The molecule has 5 nitrogen and oxygen atoms in total. The highest BCUT2D eigenvalue weighted by Crippen LogP contribution is 2.15. The highest BCUT2D eigenvalue weighted by atomic mass is 32.2. The highest BCUT2D eigenvalue weighted by molar-refractivity contribution is 7.88. The van der Waals surface area contributed by atoms with Crippen LogP contribution in [0.25, 0.3) is 0 Å². The van der Waals surface area contributed by atoms with Gasteiger partial charge in [-0.05, 0) is 13.0 Å². The van der Waals surface area contributed by atoms with E-state index >= 15 is 0 Å². The Morgan fingerprint density at radius 3 is 2.64 bits per heavy atom. The van der Waals surface area contributed by atoms with Crippen molar-refractivity contribution in [2.75, 3.05) is 33.5 Å². The van der Waals surface area contributed by atoms with Crippen molar-refractivity contribution in [2.45, 2.75) is 18.6 Å². The lowest BCUT2D eigenvalue weighted by Crippen LogP contribution is -2.53. The average Bonchev–Trinajstić information content (AvgIpc) is 2.15. The smallest absolute Gasteiger partial charge is 0.211 e. The first kappa shape index (κ1) is 11.9. The fourth-order valence-corrected chi connectivity index (χ4v) is 2.45. The Balaban J connectivity index is 2.73. The van der Waals surface area contributed by atoms with Gasteiger partial charge in [0.25, 0.3) is 0 Å². The quantitative estimate of drug-likeness (QED) is 0.683. The Labute approximate surface area is 85.5 Å². The number of hydrogen-bond acceptors (Lipinski definition) is 4. The van der Waals surface area contributed by atoms with E-state index in [0.717, 1.165) is 13.0 Å². The lowest BCUT2D eigenvalue weighted by atomic mass is 10.0. The van der Waals surface area contributed by atoms with Crippen molar-refractivity contribution in [3.63, 3.8) is 0 Å². The van der Waals surface area contributed by atoms with E-state index in [1.165, 1.54) is 10.6 Å². The molecule has 1 N–H and O–H groups in total. The maximum atomic E-state index is 11.3. The molecule has 0 bridgehead atoms. The second-order valence-electron chi connectivity index (χ2n) is 3.61. The van der Waals surface area contributed by atoms with Crippen LogP contribution in [0.2, 0.25) is 0 Å². The summed E-state index contributed by atoms with van der Waals surface area (Å²) in [5.41, 5.74) is 0. The third kappa shape index (κ3) is 2.66. The molecule has 0 spiro atoms. The maximum Gasteiger partial charge on any atom is 0.211 e. The van der Waals surface area contributed by atoms with Gasteiger partial charge < -0.3 is 10.1 Å². The Hall–Kier alpha value is -0.170. The van der Waals surface area contributed by atoms with Gasteiger partial charge in [0.05, 0.1) is 18.4 Å². The molecule has 0 radical (unpaired) electrons. The van der Waals surface area contributed by atoms with Crippen LogP contribution in [-0.2, 0) is 14.8 Å². The van der Waals surface area contributed by atoms with E-state index in [1.807, 2.05) is 0 Å². The molecule has 0 amide bonds. The molecule has 1 aliphatic rings. The molecule has 14 heavy (non-hydrogen) atoms. The second kappa shape index (κ2) is 4.57. The Kier molecular flexibility index (Phi) is 3.88. The summed E-state index contributed by atoms with van der Waals surface area (Å²) in [6, 6.07) is -0.0451. The van der Waals surface area contributed by atoms with Gasteiger partial charge in [-0.2, -0.15) is 4.31 Å². The van der Waals surface area contributed by atoms with Gasteiger partial charge in [-0.1, -0.05) is 0 Å². The molecule has 1 aliphatic heterocycles. The van der Waals surface area contributed by atoms with Crippen LogP contribution >= 0.6 is 0 Å². The number of rotatable bonds is 3. The number of sulfonamides is 1. The minimum absolute atomic E-state index is 0.0451. The lowest BCUT2D eigenvalue weighted by Gasteiger charge is -2.36. The molecule has 1 heterocycles. The van der Waals surface area contributed by atoms with Gasteiger partial charge in [0, 0.05) is 20.7 Å². The Bertz CT molecular complexity index is 278. The van der Waals surface area contributed by atoms with Crippen molar-refractivity contribution in [2.24, 2.45) is 0 Å². The first-order chi connectivity index (χ1) is 6.46. The zero-order valence-corrected chi connectivity index (χ0v) is 9.67. The predicted octanol–water partition coefficient (Wildman–Crippen LogP) is -0.745. The highest BCUT2D eigenvalue weighted by Gasteiger charge is 2.32. The number of hydrogen-bond donors (Lipinski definition) is 1. The SMILES string of the molecule is COC1CNCCC1N(C)S(C)(=O)=O. The molecule has 2 atom stereocenters. The van der Waals surface area contributed by atoms with Gasteiger partial charge in [0.1, 0.15) is 0 Å². The molecule has 1 fully saturated rings. The third-order valence-electron chi connectivity index (χ3n) is 2.68. The zero-order valence-electron chi connectivity index (χ0n) is 8.86.